The Bertz CT molecular complexity index is 402. The largest absolute Gasteiger partial charge is 0.394 e. The summed E-state index contributed by atoms with van der Waals surface area (Å²) in [6.07, 6.45) is 0.838. The van der Waals surface area contributed by atoms with Crippen molar-refractivity contribution in [2.75, 3.05) is 26.3 Å². The van der Waals surface area contributed by atoms with Crippen LogP contribution < -0.4 is 5.73 Å². The highest BCUT2D eigenvalue weighted by Gasteiger charge is 2.31. The van der Waals surface area contributed by atoms with E-state index in [1.54, 1.807) is 11.3 Å². The Morgan fingerprint density at radius 3 is 3.00 bits per heavy atom. The van der Waals surface area contributed by atoms with Gasteiger partial charge in [-0.1, -0.05) is 6.92 Å². The normalized spacial score (nSPS) is 24.3. The average molecular weight is 349 g/mol. The minimum atomic E-state index is -0.0938. The number of nitrogens with two attached hydrogens (primary N) is 1. The van der Waals surface area contributed by atoms with E-state index in [1.165, 1.54) is 4.88 Å². The molecule has 0 spiro atoms. The molecule has 19 heavy (non-hydrogen) atoms. The molecule has 0 bridgehead atoms. The Labute approximate surface area is 126 Å². The first-order chi connectivity index (χ1) is 9.15. The molecule has 2 rings (SSSR count). The van der Waals surface area contributed by atoms with Crippen LogP contribution in [-0.2, 0) is 4.74 Å². The highest BCUT2D eigenvalue weighted by molar-refractivity contribution is 9.11. The van der Waals surface area contributed by atoms with E-state index in [-0.39, 0.29) is 24.8 Å². The molecule has 1 aromatic rings. The maximum Gasteiger partial charge on any atom is 0.0933 e. The Morgan fingerprint density at radius 1 is 1.63 bits per heavy atom. The third-order valence-corrected chi connectivity index (χ3v) is 5.22. The van der Waals surface area contributed by atoms with E-state index in [9.17, 15) is 5.11 Å². The van der Waals surface area contributed by atoms with Gasteiger partial charge in [0.25, 0.3) is 0 Å². The molecule has 3 atom stereocenters. The first-order valence-electron chi connectivity index (χ1n) is 6.63. The number of ether oxygens (including phenoxy) is 1. The summed E-state index contributed by atoms with van der Waals surface area (Å²) in [6, 6.07) is 4.51. The first-order valence-corrected chi connectivity index (χ1v) is 8.24. The third-order valence-electron chi connectivity index (χ3n) is 3.53. The van der Waals surface area contributed by atoms with Crippen molar-refractivity contribution < 1.29 is 9.84 Å². The van der Waals surface area contributed by atoms with E-state index in [2.05, 4.69) is 39.9 Å². The lowest BCUT2D eigenvalue weighted by atomic mass is 10.0. The number of thiophene rings is 1. The van der Waals surface area contributed by atoms with Crippen LogP contribution in [0.1, 0.15) is 24.3 Å². The van der Waals surface area contributed by atoms with Crippen molar-refractivity contribution in [3.63, 3.8) is 0 Å². The fourth-order valence-electron chi connectivity index (χ4n) is 2.48. The predicted octanol–water partition coefficient (Wildman–Crippen LogP) is 1.98. The minimum absolute atomic E-state index is 0.0682. The van der Waals surface area contributed by atoms with Crippen LogP contribution in [0.15, 0.2) is 15.9 Å². The van der Waals surface area contributed by atoms with Crippen molar-refractivity contribution in [1.29, 1.82) is 0 Å². The molecule has 2 heterocycles. The molecule has 6 heteroatoms. The van der Waals surface area contributed by atoms with Crippen LogP contribution in [-0.4, -0.2) is 48.5 Å². The van der Waals surface area contributed by atoms with Gasteiger partial charge in [-0.15, -0.1) is 11.3 Å². The lowest BCUT2D eigenvalue weighted by Gasteiger charge is -2.39. The number of hydrogen-bond donors (Lipinski definition) is 2. The Morgan fingerprint density at radius 2 is 2.42 bits per heavy atom. The highest BCUT2D eigenvalue weighted by atomic mass is 79.9. The molecule has 0 radical (unpaired) electrons. The molecule has 0 saturated carbocycles. The van der Waals surface area contributed by atoms with Crippen molar-refractivity contribution >= 4 is 27.3 Å². The van der Waals surface area contributed by atoms with Gasteiger partial charge in [-0.05, 0) is 34.5 Å². The van der Waals surface area contributed by atoms with Crippen molar-refractivity contribution in [2.45, 2.75) is 31.5 Å². The standard InChI is InChI=1S/C13H21BrN2O2S/c1-2-10(15)13(11-3-4-12(14)19-11)16-5-6-18-9(7-16)8-17/h3-4,9-10,13,17H,2,5-8,15H2,1H3. The quantitative estimate of drug-likeness (QED) is 0.854. The SMILES string of the molecule is CCC(N)C(c1ccc(Br)s1)N1CCOC(CO)C1. The molecule has 1 saturated heterocycles. The smallest absolute Gasteiger partial charge is 0.0933 e. The molecular formula is C13H21BrN2O2S. The van der Waals surface area contributed by atoms with Gasteiger partial charge in [0.15, 0.2) is 0 Å². The maximum absolute atomic E-state index is 9.27. The van der Waals surface area contributed by atoms with E-state index in [0.29, 0.717) is 6.61 Å². The van der Waals surface area contributed by atoms with Gasteiger partial charge in [0.1, 0.15) is 0 Å². The molecule has 4 nitrogen and oxygen atoms in total. The van der Waals surface area contributed by atoms with Gasteiger partial charge in [0, 0.05) is 24.0 Å². The third kappa shape index (κ3) is 3.77. The number of aliphatic hydroxyl groups excluding tert-OH is 1. The van der Waals surface area contributed by atoms with E-state index in [0.717, 1.165) is 23.3 Å². The van der Waals surface area contributed by atoms with E-state index >= 15 is 0 Å². The number of aliphatic hydroxyl groups is 1. The topological polar surface area (TPSA) is 58.7 Å². The van der Waals surface area contributed by atoms with Crippen molar-refractivity contribution in [2.24, 2.45) is 5.73 Å². The molecule has 1 aliphatic rings. The van der Waals surface area contributed by atoms with Crippen LogP contribution in [0.5, 0.6) is 0 Å². The zero-order chi connectivity index (χ0) is 13.8. The second-order valence-electron chi connectivity index (χ2n) is 4.83. The molecule has 108 valence electrons. The molecule has 1 aromatic heterocycles. The van der Waals surface area contributed by atoms with Crippen molar-refractivity contribution in [3.05, 3.63) is 20.8 Å². The number of hydrogen-bond acceptors (Lipinski definition) is 5. The zero-order valence-electron chi connectivity index (χ0n) is 11.1. The summed E-state index contributed by atoms with van der Waals surface area (Å²) in [4.78, 5) is 3.62. The maximum atomic E-state index is 9.27. The molecular weight excluding hydrogens is 328 g/mol. The van der Waals surface area contributed by atoms with Gasteiger partial charge in [-0.3, -0.25) is 4.90 Å². The molecule has 1 fully saturated rings. The van der Waals surface area contributed by atoms with Crippen LogP contribution in [0.2, 0.25) is 0 Å². The highest BCUT2D eigenvalue weighted by Crippen LogP contribution is 2.34. The Balaban J connectivity index is 2.17. The number of rotatable bonds is 5. The van der Waals surface area contributed by atoms with Crippen LogP contribution >= 0.6 is 27.3 Å². The van der Waals surface area contributed by atoms with Crippen molar-refractivity contribution in [1.82, 2.24) is 4.90 Å². The van der Waals surface area contributed by atoms with E-state index < -0.39 is 0 Å². The van der Waals surface area contributed by atoms with Crippen LogP contribution in [0.3, 0.4) is 0 Å². The summed E-state index contributed by atoms with van der Waals surface area (Å²) in [5, 5.41) is 9.27. The van der Waals surface area contributed by atoms with Crippen molar-refractivity contribution in [3.8, 4) is 0 Å². The van der Waals surface area contributed by atoms with Gasteiger partial charge < -0.3 is 15.6 Å². The zero-order valence-corrected chi connectivity index (χ0v) is 13.5. The molecule has 3 unspecified atom stereocenters. The second kappa shape index (κ2) is 7.15. The molecule has 3 N–H and O–H groups in total. The molecule has 0 amide bonds. The van der Waals surface area contributed by atoms with Gasteiger partial charge in [-0.2, -0.15) is 0 Å². The van der Waals surface area contributed by atoms with Gasteiger partial charge in [0.2, 0.25) is 0 Å². The van der Waals surface area contributed by atoms with Gasteiger partial charge >= 0.3 is 0 Å². The second-order valence-corrected chi connectivity index (χ2v) is 7.32. The first kappa shape index (κ1) is 15.4. The summed E-state index contributed by atoms with van der Waals surface area (Å²) in [7, 11) is 0. The molecule has 0 aliphatic carbocycles. The summed E-state index contributed by atoms with van der Waals surface area (Å²) >= 11 is 5.25. The Hall–Kier alpha value is 0.0200. The summed E-state index contributed by atoms with van der Waals surface area (Å²) < 4.78 is 6.65. The fourth-order valence-corrected chi connectivity index (χ4v) is 4.11. The summed E-state index contributed by atoms with van der Waals surface area (Å²) in [5.74, 6) is 0. The summed E-state index contributed by atoms with van der Waals surface area (Å²) in [5.41, 5.74) is 6.32. The molecule has 1 aliphatic heterocycles. The lowest BCUT2D eigenvalue weighted by Crippen LogP contribution is -2.50. The molecule has 0 aromatic carbocycles. The monoisotopic (exact) mass is 348 g/mol. The lowest BCUT2D eigenvalue weighted by molar-refractivity contribution is -0.0678. The van der Waals surface area contributed by atoms with Crippen LogP contribution in [0.25, 0.3) is 0 Å². The number of halogens is 1. The number of morpholine rings is 1. The Kier molecular flexibility index (Phi) is 5.80. The van der Waals surface area contributed by atoms with Gasteiger partial charge in [-0.25, -0.2) is 0 Å². The van der Waals surface area contributed by atoms with Crippen LogP contribution in [0, 0.1) is 0 Å². The average Bonchev–Trinajstić information content (AvgIpc) is 2.85. The van der Waals surface area contributed by atoms with Gasteiger partial charge in [0.05, 0.1) is 29.1 Å². The van der Waals surface area contributed by atoms with E-state index in [4.69, 9.17) is 10.5 Å². The predicted molar refractivity (Wildman–Crippen MR) is 81.4 cm³/mol. The number of nitrogens with zero attached hydrogens (tertiary/aromatic N) is 1. The minimum Gasteiger partial charge on any atom is -0.394 e. The van der Waals surface area contributed by atoms with Crippen LogP contribution in [0.4, 0.5) is 0 Å². The summed E-state index contributed by atoms with van der Waals surface area (Å²) in [6.45, 7) is 4.45. The fraction of sp³-hybridized carbons (Fsp3) is 0.692. The van der Waals surface area contributed by atoms with E-state index in [1.807, 2.05) is 0 Å².